The first-order valence-corrected chi connectivity index (χ1v) is 29.4. The molecule has 6 amide bonds. The molecule has 6 aliphatic rings. The Bertz CT molecular complexity index is 2690. The Morgan fingerprint density at radius 2 is 1.46 bits per heavy atom. The van der Waals surface area contributed by atoms with Gasteiger partial charge in [0.1, 0.15) is 11.8 Å². The molecule has 9 rings (SSSR count). The van der Waals surface area contributed by atoms with E-state index in [0.717, 1.165) is 119 Å². The highest BCUT2D eigenvalue weighted by Crippen LogP contribution is 2.36. The maximum Gasteiger partial charge on any atom is 0.271 e. The van der Waals surface area contributed by atoms with Gasteiger partial charge in [-0.3, -0.25) is 43.9 Å². The van der Waals surface area contributed by atoms with Crippen LogP contribution >= 0.6 is 0 Å². The van der Waals surface area contributed by atoms with Crippen molar-refractivity contribution >= 4 is 64.1 Å². The van der Waals surface area contributed by atoms with Crippen molar-refractivity contribution in [2.24, 2.45) is 11.7 Å². The lowest BCUT2D eigenvalue weighted by atomic mass is 9.95. The van der Waals surface area contributed by atoms with Gasteiger partial charge >= 0.3 is 0 Å². The smallest absolute Gasteiger partial charge is 0.271 e. The number of aromatic nitrogens is 2. The van der Waals surface area contributed by atoms with Crippen molar-refractivity contribution in [2.45, 2.75) is 89.3 Å². The van der Waals surface area contributed by atoms with E-state index < -0.39 is 35.6 Å². The summed E-state index contributed by atoms with van der Waals surface area (Å²) >= 11 is 0. The fourth-order valence-corrected chi connectivity index (χ4v) is 11.8. The molecule has 1 aromatic heterocycles. The number of hydrogen-bond donors (Lipinski definition) is 5. The normalized spacial score (nSPS) is 19.8. The van der Waals surface area contributed by atoms with Crippen LogP contribution in [0.15, 0.2) is 36.4 Å². The molecule has 1 unspecified atom stereocenters. The Hall–Kier alpha value is -6.54. The maximum atomic E-state index is 13.3. The minimum absolute atomic E-state index is 0.0585. The Morgan fingerprint density at radius 3 is 2.13 bits per heavy atom. The number of benzene rings is 2. The molecule has 0 aliphatic carbocycles. The molecule has 0 bridgehead atoms. The number of rotatable bonds is 28. The minimum Gasteiger partial charge on any atom is -0.495 e. The van der Waals surface area contributed by atoms with E-state index in [2.05, 4.69) is 47.0 Å². The topological polar surface area (TPSA) is 274 Å². The van der Waals surface area contributed by atoms with Gasteiger partial charge < -0.3 is 64.8 Å². The van der Waals surface area contributed by atoms with E-state index in [1.54, 1.807) is 25.3 Å². The number of nitrogens with zero attached hydrogens (tertiary/aromatic N) is 7. The van der Waals surface area contributed by atoms with Gasteiger partial charge in [0.05, 0.1) is 88.9 Å². The number of imide groups is 2. The number of hydrogen-bond acceptors (Lipinski definition) is 20. The molecule has 2 aromatic carbocycles. The van der Waals surface area contributed by atoms with Crippen molar-refractivity contribution in [1.82, 2.24) is 34.9 Å². The number of amides is 6. The quantitative estimate of drug-likeness (QED) is 0.0516. The summed E-state index contributed by atoms with van der Waals surface area (Å²) < 4.78 is 34.0. The van der Waals surface area contributed by atoms with Crippen molar-refractivity contribution in [3.8, 4) is 5.75 Å². The zero-order valence-corrected chi connectivity index (χ0v) is 47.6. The molecule has 24 heteroatoms. The number of piperazine rings is 1. The molecular weight excluding hydrogens is 1060 g/mol. The number of fused-ring (bicyclic) bond motifs is 1. The number of methoxy groups -OCH3 is 1. The van der Waals surface area contributed by atoms with Crippen LogP contribution in [0.1, 0.15) is 102 Å². The predicted molar refractivity (Wildman–Crippen MR) is 306 cm³/mol. The largest absolute Gasteiger partial charge is 0.495 e. The third kappa shape index (κ3) is 15.6. The van der Waals surface area contributed by atoms with Crippen molar-refractivity contribution < 1.29 is 57.2 Å². The first kappa shape index (κ1) is 60.1. The molecule has 5 fully saturated rings. The second-order valence-corrected chi connectivity index (χ2v) is 21.7. The molecule has 3 aromatic rings. The number of nitrogens with two attached hydrogens (primary N) is 1. The van der Waals surface area contributed by atoms with Gasteiger partial charge in [0.15, 0.2) is 17.3 Å². The number of piperidine rings is 3. The average Bonchev–Trinajstić information content (AvgIpc) is 4.03. The number of carbonyl (C=O) groups excluding carboxylic acids is 6. The molecule has 5 saturated heterocycles. The van der Waals surface area contributed by atoms with Gasteiger partial charge in [-0.25, -0.2) is 9.97 Å². The SMILES string of the molecule is CCc1nc(C(N)=O)c(Nc2ccc(N3CCC(N4CCN(CC5CCN(C(=O)CCOCCOCCOCCOCCNc6cccc7c6C(=O)N(C6CCC(=O)NC6=O)C7=O)CC5)CC4)CC3)c(OC)c2)nc1NC1CCOCC1. The van der Waals surface area contributed by atoms with Gasteiger partial charge in [-0.05, 0) is 81.5 Å². The number of carbonyl (C=O) groups is 6. The van der Waals surface area contributed by atoms with Crippen molar-refractivity contribution in [2.75, 3.05) is 159 Å². The molecule has 0 spiro atoms. The molecule has 82 heavy (non-hydrogen) atoms. The standard InChI is InChI=1S/C58H82N12O12/c1-3-44-54(61-40-15-27-78-28-16-40)65-55(52(63-44)53(59)73)62-41-7-8-46(48(37-41)77-2)68-21-13-42(14-22-68)67-25-23-66(24-26-67)38-39-11-19-69(20-12-39)50(72)17-29-79-31-33-81-35-36-82-34-32-80-30-18-60-45-6-4-5-43-51(45)58(76)70(57(43)75)47-9-10-49(71)64-56(47)74/h4-8,37,39-40,42,47,60H,3,9-36,38H2,1-2H3,(H2,59,73)(H2,61,62,65)(H,64,71,74). The molecule has 6 N–H and O–H groups in total. The second kappa shape index (κ2) is 29.6. The summed E-state index contributed by atoms with van der Waals surface area (Å²) in [5, 5.41) is 12.2. The van der Waals surface area contributed by atoms with E-state index >= 15 is 0 Å². The third-order valence-corrected chi connectivity index (χ3v) is 16.4. The lowest BCUT2D eigenvalue weighted by Gasteiger charge is -2.44. The Labute approximate surface area is 479 Å². The van der Waals surface area contributed by atoms with Crippen molar-refractivity contribution in [1.29, 1.82) is 0 Å². The highest BCUT2D eigenvalue weighted by atomic mass is 16.6. The summed E-state index contributed by atoms with van der Waals surface area (Å²) in [4.78, 5) is 96.0. The van der Waals surface area contributed by atoms with Gasteiger partial charge in [0, 0.05) is 115 Å². The molecule has 0 radical (unpaired) electrons. The van der Waals surface area contributed by atoms with Gasteiger partial charge in [0.2, 0.25) is 17.7 Å². The number of anilines is 5. The zero-order chi connectivity index (χ0) is 57.4. The average molecular weight is 1140 g/mol. The fraction of sp³-hybridized carbons (Fsp3) is 0.621. The highest BCUT2D eigenvalue weighted by molar-refractivity contribution is 6.25. The third-order valence-electron chi connectivity index (χ3n) is 16.4. The summed E-state index contributed by atoms with van der Waals surface area (Å²) in [5.74, 6) is -0.399. The van der Waals surface area contributed by atoms with Crippen LogP contribution in [-0.2, 0) is 44.5 Å². The van der Waals surface area contributed by atoms with E-state index in [9.17, 15) is 28.8 Å². The van der Waals surface area contributed by atoms with E-state index in [1.807, 2.05) is 24.0 Å². The van der Waals surface area contributed by atoms with Crippen LogP contribution in [0.5, 0.6) is 5.75 Å². The molecule has 0 saturated carbocycles. The predicted octanol–water partition coefficient (Wildman–Crippen LogP) is 3.28. The van der Waals surface area contributed by atoms with Crippen LogP contribution in [-0.4, -0.2) is 222 Å². The Balaban J connectivity index is 0.580. The zero-order valence-electron chi connectivity index (χ0n) is 47.6. The molecule has 7 heterocycles. The lowest BCUT2D eigenvalue weighted by molar-refractivity contribution is -0.136. The van der Waals surface area contributed by atoms with Gasteiger partial charge in [-0.1, -0.05) is 13.0 Å². The van der Waals surface area contributed by atoms with Crippen LogP contribution in [0.3, 0.4) is 0 Å². The molecular formula is C58H82N12O12. The van der Waals surface area contributed by atoms with E-state index in [-0.39, 0.29) is 41.6 Å². The van der Waals surface area contributed by atoms with E-state index in [1.165, 1.54) is 0 Å². The van der Waals surface area contributed by atoms with Crippen molar-refractivity contribution in [3.05, 3.63) is 58.9 Å². The summed E-state index contributed by atoms with van der Waals surface area (Å²) in [5.41, 5.74) is 9.25. The van der Waals surface area contributed by atoms with Gasteiger partial charge in [-0.2, -0.15) is 0 Å². The van der Waals surface area contributed by atoms with E-state index in [4.69, 9.17) is 39.1 Å². The van der Waals surface area contributed by atoms with E-state index in [0.29, 0.717) is 120 Å². The molecule has 446 valence electrons. The summed E-state index contributed by atoms with van der Waals surface area (Å²) in [6.45, 7) is 15.5. The van der Waals surface area contributed by atoms with Crippen LogP contribution in [0.2, 0.25) is 0 Å². The van der Waals surface area contributed by atoms with Crippen molar-refractivity contribution in [3.63, 3.8) is 0 Å². The van der Waals surface area contributed by atoms with Crippen LogP contribution in [0, 0.1) is 5.92 Å². The number of nitrogens with one attached hydrogen (secondary N) is 4. The minimum atomic E-state index is -1.02. The Morgan fingerprint density at radius 1 is 0.768 bits per heavy atom. The fourth-order valence-electron chi connectivity index (χ4n) is 11.8. The first-order valence-electron chi connectivity index (χ1n) is 29.4. The Kier molecular flexibility index (Phi) is 21.7. The molecule has 24 nitrogen and oxygen atoms in total. The summed E-state index contributed by atoms with van der Waals surface area (Å²) in [7, 11) is 1.68. The number of primary amides is 1. The summed E-state index contributed by atoms with van der Waals surface area (Å²) in [6, 6.07) is 10.7. The van der Waals surface area contributed by atoms with Gasteiger partial charge in [-0.15, -0.1) is 0 Å². The number of likely N-dealkylation sites (tertiary alicyclic amines) is 1. The van der Waals surface area contributed by atoms with Crippen LogP contribution < -0.4 is 36.6 Å². The molecule has 6 aliphatic heterocycles. The van der Waals surface area contributed by atoms with Crippen LogP contribution in [0.4, 0.5) is 28.7 Å². The number of aryl methyl sites for hydroxylation is 1. The highest BCUT2D eigenvalue weighted by Gasteiger charge is 2.45. The number of ether oxygens (including phenoxy) is 6. The summed E-state index contributed by atoms with van der Waals surface area (Å²) in [6.07, 6.45) is 7.05. The molecule has 1 atom stereocenters. The monoisotopic (exact) mass is 1140 g/mol. The lowest BCUT2D eigenvalue weighted by Crippen LogP contribution is -2.54. The van der Waals surface area contributed by atoms with Crippen LogP contribution in [0.25, 0.3) is 0 Å². The second-order valence-electron chi connectivity index (χ2n) is 21.7. The van der Waals surface area contributed by atoms with Gasteiger partial charge in [0.25, 0.3) is 17.7 Å². The first-order chi connectivity index (χ1) is 40.0. The maximum absolute atomic E-state index is 13.3.